The monoisotopic (exact) mass is 221 g/mol. The Labute approximate surface area is 96.5 Å². The molecule has 1 rings (SSSR count). The van der Waals surface area contributed by atoms with Gasteiger partial charge in [-0.05, 0) is 37.5 Å². The first-order chi connectivity index (χ1) is 7.61. The average Bonchev–Trinajstić information content (AvgIpc) is 2.26. The molecule has 0 radical (unpaired) electrons. The second-order valence-electron chi connectivity index (χ2n) is 4.05. The van der Waals surface area contributed by atoms with Crippen molar-refractivity contribution in [3.05, 3.63) is 29.8 Å². The predicted molar refractivity (Wildman–Crippen MR) is 65.8 cm³/mol. The number of anilines is 1. The van der Waals surface area contributed by atoms with Crippen LogP contribution in [0, 0.1) is 0 Å². The van der Waals surface area contributed by atoms with E-state index in [1.807, 2.05) is 24.3 Å². The van der Waals surface area contributed by atoms with E-state index in [1.165, 1.54) is 0 Å². The predicted octanol–water partition coefficient (Wildman–Crippen LogP) is 2.91. The van der Waals surface area contributed by atoms with Crippen molar-refractivity contribution < 1.29 is 9.90 Å². The molecule has 0 aliphatic rings. The maximum absolute atomic E-state index is 10.5. The molecule has 0 aliphatic heterocycles. The van der Waals surface area contributed by atoms with Gasteiger partial charge in [0.15, 0.2) is 0 Å². The summed E-state index contributed by atoms with van der Waals surface area (Å²) in [5.74, 6) is -0.750. The Morgan fingerprint density at radius 3 is 2.88 bits per heavy atom. The minimum Gasteiger partial charge on any atom is -0.481 e. The van der Waals surface area contributed by atoms with E-state index in [2.05, 4.69) is 19.2 Å². The van der Waals surface area contributed by atoms with E-state index in [0.29, 0.717) is 12.5 Å². The summed E-state index contributed by atoms with van der Waals surface area (Å²) in [4.78, 5) is 10.5. The average molecular weight is 221 g/mol. The van der Waals surface area contributed by atoms with Gasteiger partial charge in [-0.3, -0.25) is 4.79 Å². The van der Waals surface area contributed by atoms with Gasteiger partial charge < -0.3 is 10.4 Å². The summed E-state index contributed by atoms with van der Waals surface area (Å²) in [5, 5.41) is 12.0. The molecule has 0 heterocycles. The third-order valence-corrected chi connectivity index (χ3v) is 2.58. The Morgan fingerprint density at radius 2 is 2.25 bits per heavy atom. The molecule has 0 aliphatic carbocycles. The smallest absolute Gasteiger partial charge is 0.303 e. The van der Waals surface area contributed by atoms with Crippen molar-refractivity contribution >= 4 is 11.7 Å². The molecule has 88 valence electrons. The molecular formula is C13H19NO2. The normalized spacial score (nSPS) is 12.1. The van der Waals surface area contributed by atoms with Gasteiger partial charge in [0.25, 0.3) is 0 Å². The molecule has 0 fully saturated rings. The van der Waals surface area contributed by atoms with Crippen molar-refractivity contribution in [1.82, 2.24) is 0 Å². The van der Waals surface area contributed by atoms with Crippen LogP contribution in [0.25, 0.3) is 0 Å². The van der Waals surface area contributed by atoms with Crippen molar-refractivity contribution in [3.63, 3.8) is 0 Å². The van der Waals surface area contributed by atoms with Crippen LogP contribution in [-0.2, 0) is 11.2 Å². The summed E-state index contributed by atoms with van der Waals surface area (Å²) in [6, 6.07) is 8.40. The minimum atomic E-state index is -0.750. The second-order valence-corrected chi connectivity index (χ2v) is 4.05. The van der Waals surface area contributed by atoms with Crippen LogP contribution in [0.5, 0.6) is 0 Å². The zero-order valence-corrected chi connectivity index (χ0v) is 9.86. The number of benzene rings is 1. The van der Waals surface area contributed by atoms with Gasteiger partial charge >= 0.3 is 5.97 Å². The number of nitrogens with one attached hydrogen (secondary N) is 1. The molecular weight excluding hydrogens is 202 g/mol. The Bertz CT molecular complexity index is 350. The number of carboxylic acid groups (broad SMARTS) is 1. The van der Waals surface area contributed by atoms with E-state index in [-0.39, 0.29) is 6.42 Å². The van der Waals surface area contributed by atoms with Crippen LogP contribution < -0.4 is 5.32 Å². The lowest BCUT2D eigenvalue weighted by molar-refractivity contribution is -0.136. The summed E-state index contributed by atoms with van der Waals surface area (Å²) in [6.45, 7) is 4.26. The molecule has 1 unspecified atom stereocenters. The van der Waals surface area contributed by atoms with Crippen LogP contribution in [0.2, 0.25) is 0 Å². The van der Waals surface area contributed by atoms with E-state index >= 15 is 0 Å². The number of carbonyl (C=O) groups is 1. The number of hydrogen-bond donors (Lipinski definition) is 2. The van der Waals surface area contributed by atoms with Gasteiger partial charge in [0.1, 0.15) is 0 Å². The number of hydrogen-bond acceptors (Lipinski definition) is 2. The molecule has 1 atom stereocenters. The molecule has 0 saturated carbocycles. The van der Waals surface area contributed by atoms with Crippen LogP contribution in [0.15, 0.2) is 24.3 Å². The molecule has 3 heteroatoms. The van der Waals surface area contributed by atoms with Crippen molar-refractivity contribution in [1.29, 1.82) is 0 Å². The number of aliphatic carboxylic acids is 1. The van der Waals surface area contributed by atoms with E-state index in [1.54, 1.807) is 0 Å². The Kier molecular flexibility index (Phi) is 4.83. The fourth-order valence-electron chi connectivity index (χ4n) is 1.45. The molecule has 2 N–H and O–H groups in total. The first kappa shape index (κ1) is 12.6. The van der Waals surface area contributed by atoms with E-state index in [9.17, 15) is 4.79 Å². The molecule has 0 amide bonds. The van der Waals surface area contributed by atoms with Crippen LogP contribution in [-0.4, -0.2) is 17.1 Å². The molecule has 0 bridgehead atoms. The quantitative estimate of drug-likeness (QED) is 0.776. The standard InChI is InChI=1S/C13H19NO2/c1-3-10(2)14-12-6-4-5-11(9-12)7-8-13(15)16/h4-6,9-10,14H,3,7-8H2,1-2H3,(H,15,16). The van der Waals surface area contributed by atoms with Crippen molar-refractivity contribution in [2.24, 2.45) is 0 Å². The van der Waals surface area contributed by atoms with Crippen LogP contribution >= 0.6 is 0 Å². The third-order valence-electron chi connectivity index (χ3n) is 2.58. The van der Waals surface area contributed by atoms with E-state index in [4.69, 9.17) is 5.11 Å². The first-order valence-corrected chi connectivity index (χ1v) is 5.69. The highest BCUT2D eigenvalue weighted by Crippen LogP contribution is 2.14. The zero-order valence-electron chi connectivity index (χ0n) is 9.86. The Balaban J connectivity index is 2.60. The molecule has 16 heavy (non-hydrogen) atoms. The summed E-state index contributed by atoms with van der Waals surface area (Å²) >= 11 is 0. The summed E-state index contributed by atoms with van der Waals surface area (Å²) in [7, 11) is 0. The lowest BCUT2D eigenvalue weighted by atomic mass is 10.1. The molecule has 0 spiro atoms. The first-order valence-electron chi connectivity index (χ1n) is 5.69. The third kappa shape index (κ3) is 4.34. The van der Waals surface area contributed by atoms with Crippen molar-refractivity contribution in [3.8, 4) is 0 Å². The summed E-state index contributed by atoms with van der Waals surface area (Å²) < 4.78 is 0. The van der Waals surface area contributed by atoms with Gasteiger partial charge in [0.05, 0.1) is 0 Å². The highest BCUT2D eigenvalue weighted by molar-refractivity contribution is 5.67. The number of aryl methyl sites for hydroxylation is 1. The molecule has 1 aromatic rings. The molecule has 1 aromatic carbocycles. The van der Waals surface area contributed by atoms with Crippen molar-refractivity contribution in [2.75, 3.05) is 5.32 Å². The number of carboxylic acids is 1. The van der Waals surface area contributed by atoms with Crippen LogP contribution in [0.3, 0.4) is 0 Å². The lowest BCUT2D eigenvalue weighted by Crippen LogP contribution is -2.13. The highest BCUT2D eigenvalue weighted by atomic mass is 16.4. The van der Waals surface area contributed by atoms with Gasteiger partial charge in [-0.2, -0.15) is 0 Å². The second kappa shape index (κ2) is 6.16. The van der Waals surface area contributed by atoms with Crippen LogP contribution in [0.1, 0.15) is 32.3 Å². The SMILES string of the molecule is CCC(C)Nc1cccc(CCC(=O)O)c1. The van der Waals surface area contributed by atoms with Crippen LogP contribution in [0.4, 0.5) is 5.69 Å². The molecule has 0 aromatic heterocycles. The lowest BCUT2D eigenvalue weighted by Gasteiger charge is -2.13. The van der Waals surface area contributed by atoms with Gasteiger partial charge in [0, 0.05) is 18.2 Å². The molecule has 3 nitrogen and oxygen atoms in total. The van der Waals surface area contributed by atoms with E-state index < -0.39 is 5.97 Å². The van der Waals surface area contributed by atoms with Gasteiger partial charge in [-0.15, -0.1) is 0 Å². The van der Waals surface area contributed by atoms with Gasteiger partial charge in [-0.25, -0.2) is 0 Å². The maximum atomic E-state index is 10.5. The number of rotatable bonds is 6. The van der Waals surface area contributed by atoms with Gasteiger partial charge in [-0.1, -0.05) is 19.1 Å². The topological polar surface area (TPSA) is 49.3 Å². The van der Waals surface area contributed by atoms with E-state index in [0.717, 1.165) is 17.7 Å². The zero-order chi connectivity index (χ0) is 12.0. The fourth-order valence-corrected chi connectivity index (χ4v) is 1.45. The largest absolute Gasteiger partial charge is 0.481 e. The highest BCUT2D eigenvalue weighted by Gasteiger charge is 2.02. The molecule has 0 saturated heterocycles. The fraction of sp³-hybridized carbons (Fsp3) is 0.462. The summed E-state index contributed by atoms with van der Waals surface area (Å²) in [5.41, 5.74) is 2.13. The van der Waals surface area contributed by atoms with Gasteiger partial charge in [0.2, 0.25) is 0 Å². The minimum absolute atomic E-state index is 0.187. The maximum Gasteiger partial charge on any atom is 0.303 e. The Hall–Kier alpha value is -1.51. The van der Waals surface area contributed by atoms with Crippen molar-refractivity contribution in [2.45, 2.75) is 39.2 Å². The summed E-state index contributed by atoms with van der Waals surface area (Å²) in [6.07, 6.45) is 1.84. The Morgan fingerprint density at radius 1 is 1.50 bits per heavy atom.